The van der Waals surface area contributed by atoms with Crippen LogP contribution < -0.4 is 5.32 Å². The lowest BCUT2D eigenvalue weighted by Gasteiger charge is -2.33. The molecule has 7 nitrogen and oxygen atoms in total. The van der Waals surface area contributed by atoms with E-state index >= 15 is 0 Å². The van der Waals surface area contributed by atoms with Gasteiger partial charge in [-0.25, -0.2) is 0 Å². The Kier molecular flexibility index (Phi) is 5.46. The monoisotopic (exact) mass is 354 g/mol. The van der Waals surface area contributed by atoms with E-state index in [1.807, 2.05) is 17.0 Å². The number of rotatable bonds is 5. The number of carbonyl (C=O) groups is 2. The molecular weight excluding hydrogens is 332 g/mol. The van der Waals surface area contributed by atoms with E-state index in [9.17, 15) is 9.59 Å². The highest BCUT2D eigenvalue weighted by molar-refractivity contribution is 5.98. The summed E-state index contributed by atoms with van der Waals surface area (Å²) in [6, 6.07) is 7.10. The van der Waals surface area contributed by atoms with Crippen molar-refractivity contribution in [3.8, 4) is 0 Å². The summed E-state index contributed by atoms with van der Waals surface area (Å²) >= 11 is 0. The third kappa shape index (κ3) is 4.17. The first-order chi connectivity index (χ1) is 12.6. The second-order valence-corrected chi connectivity index (χ2v) is 6.35. The van der Waals surface area contributed by atoms with Gasteiger partial charge in [-0.1, -0.05) is 23.9 Å². The summed E-state index contributed by atoms with van der Waals surface area (Å²) in [5.74, 6) is 0.806. The van der Waals surface area contributed by atoms with E-state index in [-0.39, 0.29) is 24.3 Å². The molecule has 1 N–H and O–H groups in total. The van der Waals surface area contributed by atoms with Crippen molar-refractivity contribution in [1.29, 1.82) is 0 Å². The zero-order valence-electron chi connectivity index (χ0n) is 14.8. The lowest BCUT2D eigenvalue weighted by molar-refractivity contribution is -0.135. The molecule has 1 atom stereocenters. The molecule has 26 heavy (non-hydrogen) atoms. The Morgan fingerprint density at radius 1 is 1.42 bits per heavy atom. The molecule has 2 amide bonds. The Bertz CT molecular complexity index is 815. The van der Waals surface area contributed by atoms with E-state index < -0.39 is 0 Å². The summed E-state index contributed by atoms with van der Waals surface area (Å²) in [7, 11) is 0. The lowest BCUT2D eigenvalue weighted by Crippen LogP contribution is -2.39. The minimum atomic E-state index is -0.281. The predicted molar refractivity (Wildman–Crippen MR) is 96.3 cm³/mol. The van der Waals surface area contributed by atoms with Crippen LogP contribution >= 0.6 is 0 Å². The predicted octanol–water partition coefficient (Wildman–Crippen LogP) is 2.80. The summed E-state index contributed by atoms with van der Waals surface area (Å²) in [6.07, 6.45) is 4.27. The molecule has 1 aliphatic rings. The molecule has 0 bridgehead atoms. The Morgan fingerprint density at radius 2 is 2.27 bits per heavy atom. The summed E-state index contributed by atoms with van der Waals surface area (Å²) in [6.45, 7) is 5.88. The Balaban J connectivity index is 1.72. The zero-order chi connectivity index (χ0) is 18.5. The molecule has 3 rings (SSSR count). The summed E-state index contributed by atoms with van der Waals surface area (Å²) in [4.78, 5) is 30.4. The number of anilines is 1. The van der Waals surface area contributed by atoms with Crippen LogP contribution in [0.1, 0.15) is 42.6 Å². The minimum absolute atomic E-state index is 0.0118. The molecule has 0 saturated carbocycles. The van der Waals surface area contributed by atoms with Crippen LogP contribution in [0.5, 0.6) is 0 Å². The molecule has 0 radical (unpaired) electrons. The number of likely N-dealkylation sites (tertiary alicyclic amines) is 1. The number of aromatic nitrogens is 2. The molecule has 136 valence electrons. The molecule has 1 aromatic carbocycles. The zero-order valence-corrected chi connectivity index (χ0v) is 14.8. The molecule has 1 aromatic heterocycles. The van der Waals surface area contributed by atoms with Crippen molar-refractivity contribution in [3.63, 3.8) is 0 Å². The smallest absolute Gasteiger partial charge is 0.249 e. The van der Waals surface area contributed by atoms with E-state index in [1.165, 1.54) is 6.08 Å². The highest BCUT2D eigenvalue weighted by Crippen LogP contribution is 2.30. The van der Waals surface area contributed by atoms with Crippen LogP contribution in [0.2, 0.25) is 0 Å². The van der Waals surface area contributed by atoms with Crippen molar-refractivity contribution in [1.82, 2.24) is 15.0 Å². The van der Waals surface area contributed by atoms with Crippen LogP contribution in [0.4, 0.5) is 5.69 Å². The van der Waals surface area contributed by atoms with E-state index in [1.54, 1.807) is 19.1 Å². The van der Waals surface area contributed by atoms with Crippen LogP contribution in [0.3, 0.4) is 0 Å². The van der Waals surface area contributed by atoms with Crippen LogP contribution in [-0.4, -0.2) is 33.4 Å². The molecule has 7 heteroatoms. The first kappa shape index (κ1) is 17.8. The first-order valence-electron chi connectivity index (χ1n) is 8.69. The maximum absolute atomic E-state index is 12.9. The fraction of sp³-hybridized carbons (Fsp3) is 0.368. The topological polar surface area (TPSA) is 88.3 Å². The lowest BCUT2D eigenvalue weighted by atomic mass is 10.0. The van der Waals surface area contributed by atoms with E-state index in [0.717, 1.165) is 24.8 Å². The van der Waals surface area contributed by atoms with Gasteiger partial charge in [-0.2, -0.15) is 4.98 Å². The molecule has 2 aromatic rings. The second kappa shape index (κ2) is 7.95. The van der Waals surface area contributed by atoms with E-state index in [2.05, 4.69) is 22.0 Å². The average Bonchev–Trinajstić information content (AvgIpc) is 3.08. The summed E-state index contributed by atoms with van der Waals surface area (Å²) < 4.78 is 5.30. The average molecular weight is 354 g/mol. The van der Waals surface area contributed by atoms with Crippen molar-refractivity contribution >= 4 is 17.5 Å². The maximum Gasteiger partial charge on any atom is 0.249 e. The molecule has 2 heterocycles. The minimum Gasteiger partial charge on any atom is -0.337 e. The molecular formula is C19H22N4O3. The van der Waals surface area contributed by atoms with Crippen molar-refractivity contribution in [2.24, 2.45) is 0 Å². The third-order valence-electron chi connectivity index (χ3n) is 4.39. The standard InChI is InChI=1S/C19H22N4O3/c1-3-17(24)21-15-8-6-7-14(11-15)12-18(25)23-10-5-4-9-16(23)19-20-13(2)22-26-19/h3,6-8,11,16H,1,4-5,9-10,12H2,2H3,(H,21,24). The fourth-order valence-corrected chi connectivity index (χ4v) is 3.16. The number of amides is 2. The van der Waals surface area contributed by atoms with Crippen molar-refractivity contribution in [2.75, 3.05) is 11.9 Å². The van der Waals surface area contributed by atoms with Gasteiger partial charge in [0.2, 0.25) is 17.7 Å². The van der Waals surface area contributed by atoms with Gasteiger partial charge in [0.15, 0.2) is 5.82 Å². The molecule has 0 spiro atoms. The van der Waals surface area contributed by atoms with Gasteiger partial charge in [0.05, 0.1) is 6.42 Å². The number of nitrogens with one attached hydrogen (secondary N) is 1. The molecule has 1 saturated heterocycles. The third-order valence-corrected chi connectivity index (χ3v) is 4.39. The molecule has 0 aliphatic carbocycles. The van der Waals surface area contributed by atoms with Crippen LogP contribution in [0.25, 0.3) is 0 Å². The van der Waals surface area contributed by atoms with Gasteiger partial charge < -0.3 is 14.7 Å². The van der Waals surface area contributed by atoms with Gasteiger partial charge in [-0.15, -0.1) is 0 Å². The quantitative estimate of drug-likeness (QED) is 0.834. The van der Waals surface area contributed by atoms with Crippen molar-refractivity contribution < 1.29 is 14.1 Å². The SMILES string of the molecule is C=CC(=O)Nc1cccc(CC(=O)N2CCCCC2c2nc(C)no2)c1. The van der Waals surface area contributed by atoms with Gasteiger partial charge in [-0.3, -0.25) is 9.59 Å². The number of hydrogen-bond donors (Lipinski definition) is 1. The van der Waals surface area contributed by atoms with Crippen LogP contribution in [0.15, 0.2) is 41.4 Å². The molecule has 1 aliphatic heterocycles. The fourth-order valence-electron chi connectivity index (χ4n) is 3.16. The number of piperidine rings is 1. The first-order valence-corrected chi connectivity index (χ1v) is 8.69. The highest BCUT2D eigenvalue weighted by Gasteiger charge is 2.31. The second-order valence-electron chi connectivity index (χ2n) is 6.35. The van der Waals surface area contributed by atoms with Crippen LogP contribution in [-0.2, 0) is 16.0 Å². The maximum atomic E-state index is 12.9. The number of carbonyl (C=O) groups excluding carboxylic acids is 2. The summed E-state index contributed by atoms with van der Waals surface area (Å²) in [5.41, 5.74) is 1.48. The van der Waals surface area contributed by atoms with Gasteiger partial charge in [0.1, 0.15) is 6.04 Å². The Hall–Kier alpha value is -2.96. The van der Waals surface area contributed by atoms with Gasteiger partial charge in [-0.05, 0) is 50.0 Å². The Morgan fingerprint density at radius 3 is 3.00 bits per heavy atom. The summed E-state index contributed by atoms with van der Waals surface area (Å²) in [5, 5.41) is 6.55. The van der Waals surface area contributed by atoms with E-state index in [0.29, 0.717) is 23.9 Å². The van der Waals surface area contributed by atoms with Gasteiger partial charge >= 0.3 is 0 Å². The van der Waals surface area contributed by atoms with Crippen molar-refractivity contribution in [2.45, 2.75) is 38.6 Å². The number of hydrogen-bond acceptors (Lipinski definition) is 5. The highest BCUT2D eigenvalue weighted by atomic mass is 16.5. The Labute approximate surface area is 152 Å². The van der Waals surface area contributed by atoms with Gasteiger partial charge in [0, 0.05) is 12.2 Å². The van der Waals surface area contributed by atoms with Crippen molar-refractivity contribution in [3.05, 3.63) is 54.2 Å². The van der Waals surface area contributed by atoms with Gasteiger partial charge in [0.25, 0.3) is 0 Å². The molecule has 1 unspecified atom stereocenters. The molecule has 1 fully saturated rings. The van der Waals surface area contributed by atoms with Crippen LogP contribution in [0, 0.1) is 6.92 Å². The number of nitrogens with zero attached hydrogens (tertiary/aromatic N) is 3. The normalized spacial score (nSPS) is 17.0. The number of benzene rings is 1. The number of aryl methyl sites for hydroxylation is 1. The van der Waals surface area contributed by atoms with E-state index in [4.69, 9.17) is 4.52 Å². The largest absolute Gasteiger partial charge is 0.337 e.